The van der Waals surface area contributed by atoms with E-state index in [2.05, 4.69) is 38.1 Å². The maximum atomic E-state index is 12.0. The quantitative estimate of drug-likeness (QED) is 0.401. The molecule has 3 aromatic rings. The predicted octanol–water partition coefficient (Wildman–Crippen LogP) is 4.29. The lowest BCUT2D eigenvalue weighted by Crippen LogP contribution is -2.13. The summed E-state index contributed by atoms with van der Waals surface area (Å²) in [5.74, 6) is 1.20. The first kappa shape index (κ1) is 18.7. The van der Waals surface area contributed by atoms with Crippen LogP contribution < -0.4 is 10.1 Å². The number of para-hydroxylation sites is 1. The van der Waals surface area contributed by atoms with E-state index in [9.17, 15) is 4.79 Å². The molecule has 0 fully saturated rings. The standard InChI is InChI=1S/C18H16IN3O3S/c1-12-4-2-3-5-15(12)24-10-17-21-22-18(25-17)26-11-16(23)20-14-8-6-13(19)7-9-14/h2-9H,10-11H2,1H3,(H,20,23). The van der Waals surface area contributed by atoms with Gasteiger partial charge < -0.3 is 14.5 Å². The Bertz CT molecular complexity index is 883. The number of hydrogen-bond acceptors (Lipinski definition) is 6. The third kappa shape index (κ3) is 5.46. The molecule has 26 heavy (non-hydrogen) atoms. The minimum absolute atomic E-state index is 0.132. The molecule has 0 bridgehead atoms. The lowest BCUT2D eigenvalue weighted by Gasteiger charge is -2.05. The van der Waals surface area contributed by atoms with Crippen LogP contribution in [-0.2, 0) is 11.4 Å². The largest absolute Gasteiger partial charge is 0.484 e. The van der Waals surface area contributed by atoms with Crippen LogP contribution >= 0.6 is 34.4 Å². The molecular weight excluding hydrogens is 465 g/mol. The number of carbonyl (C=O) groups is 1. The van der Waals surface area contributed by atoms with E-state index in [1.54, 1.807) is 0 Å². The Morgan fingerprint density at radius 1 is 1.19 bits per heavy atom. The number of amides is 1. The molecule has 3 rings (SSSR count). The van der Waals surface area contributed by atoms with E-state index in [0.29, 0.717) is 11.1 Å². The Balaban J connectivity index is 1.46. The number of ether oxygens (including phenoxy) is 1. The molecule has 0 aliphatic rings. The molecule has 0 atom stereocenters. The monoisotopic (exact) mass is 481 g/mol. The van der Waals surface area contributed by atoms with Crippen LogP contribution in [0.5, 0.6) is 5.75 Å². The molecule has 1 amide bonds. The molecule has 0 unspecified atom stereocenters. The Morgan fingerprint density at radius 3 is 2.73 bits per heavy atom. The summed E-state index contributed by atoms with van der Waals surface area (Å²) in [5.41, 5.74) is 1.79. The summed E-state index contributed by atoms with van der Waals surface area (Å²) < 4.78 is 12.3. The predicted molar refractivity (Wildman–Crippen MR) is 108 cm³/mol. The van der Waals surface area contributed by atoms with Gasteiger partial charge in [0, 0.05) is 9.26 Å². The number of halogens is 1. The van der Waals surface area contributed by atoms with Crippen molar-refractivity contribution in [2.45, 2.75) is 18.8 Å². The van der Waals surface area contributed by atoms with Crippen LogP contribution in [0, 0.1) is 10.5 Å². The van der Waals surface area contributed by atoms with Crippen LogP contribution in [0.2, 0.25) is 0 Å². The van der Waals surface area contributed by atoms with Gasteiger partial charge in [0.2, 0.25) is 5.91 Å². The van der Waals surface area contributed by atoms with Crippen LogP contribution in [0.3, 0.4) is 0 Å². The highest BCUT2D eigenvalue weighted by molar-refractivity contribution is 14.1. The number of nitrogens with one attached hydrogen (secondary N) is 1. The highest BCUT2D eigenvalue weighted by Crippen LogP contribution is 2.20. The highest BCUT2D eigenvalue weighted by atomic mass is 127. The van der Waals surface area contributed by atoms with Gasteiger partial charge in [-0.05, 0) is 65.4 Å². The average molecular weight is 481 g/mol. The third-order valence-corrected chi connectivity index (χ3v) is 4.89. The van der Waals surface area contributed by atoms with Gasteiger partial charge in [-0.25, -0.2) is 0 Å². The topological polar surface area (TPSA) is 77.2 Å². The van der Waals surface area contributed by atoms with Gasteiger partial charge in [0.05, 0.1) is 5.75 Å². The number of anilines is 1. The Labute approximate surface area is 168 Å². The molecule has 0 saturated carbocycles. The minimum Gasteiger partial charge on any atom is -0.484 e. The van der Waals surface area contributed by atoms with E-state index < -0.39 is 0 Å². The van der Waals surface area contributed by atoms with E-state index in [0.717, 1.165) is 20.6 Å². The zero-order chi connectivity index (χ0) is 18.4. The number of rotatable bonds is 7. The summed E-state index contributed by atoms with van der Waals surface area (Å²) in [6.07, 6.45) is 0. The van der Waals surface area contributed by atoms with Crippen molar-refractivity contribution in [3.05, 3.63) is 63.6 Å². The Kier molecular flexibility index (Phi) is 6.51. The first-order valence-corrected chi connectivity index (χ1v) is 9.85. The average Bonchev–Trinajstić information content (AvgIpc) is 3.09. The minimum atomic E-state index is -0.132. The number of aromatic nitrogens is 2. The van der Waals surface area contributed by atoms with Crippen LogP contribution in [0.15, 0.2) is 58.2 Å². The van der Waals surface area contributed by atoms with E-state index in [1.165, 1.54) is 11.8 Å². The van der Waals surface area contributed by atoms with Crippen molar-refractivity contribution in [1.82, 2.24) is 10.2 Å². The molecule has 1 heterocycles. The van der Waals surface area contributed by atoms with Crippen molar-refractivity contribution >= 4 is 45.9 Å². The van der Waals surface area contributed by atoms with Gasteiger partial charge in [-0.2, -0.15) is 0 Å². The summed E-state index contributed by atoms with van der Waals surface area (Å²) in [7, 11) is 0. The van der Waals surface area contributed by atoms with E-state index in [1.807, 2.05) is 55.5 Å². The molecule has 1 N–H and O–H groups in total. The number of benzene rings is 2. The van der Waals surface area contributed by atoms with Gasteiger partial charge in [-0.1, -0.05) is 30.0 Å². The fourth-order valence-electron chi connectivity index (χ4n) is 2.07. The van der Waals surface area contributed by atoms with Crippen molar-refractivity contribution in [1.29, 1.82) is 0 Å². The maximum absolute atomic E-state index is 12.0. The molecule has 134 valence electrons. The molecule has 6 nitrogen and oxygen atoms in total. The van der Waals surface area contributed by atoms with Gasteiger partial charge in [-0.3, -0.25) is 4.79 Å². The Morgan fingerprint density at radius 2 is 1.96 bits per heavy atom. The SMILES string of the molecule is Cc1ccccc1OCc1nnc(SCC(=O)Nc2ccc(I)cc2)o1. The zero-order valence-corrected chi connectivity index (χ0v) is 16.9. The summed E-state index contributed by atoms with van der Waals surface area (Å²) >= 11 is 3.40. The summed E-state index contributed by atoms with van der Waals surface area (Å²) in [6, 6.07) is 15.3. The number of nitrogens with zero attached hydrogens (tertiary/aromatic N) is 2. The molecule has 0 aliphatic heterocycles. The van der Waals surface area contributed by atoms with Gasteiger partial charge in [0.25, 0.3) is 11.1 Å². The van der Waals surface area contributed by atoms with Crippen molar-refractivity contribution < 1.29 is 13.9 Å². The summed E-state index contributed by atoms with van der Waals surface area (Å²) in [6.45, 7) is 2.16. The molecule has 0 radical (unpaired) electrons. The molecule has 1 aromatic heterocycles. The van der Waals surface area contributed by atoms with Crippen LogP contribution in [0.1, 0.15) is 11.5 Å². The van der Waals surface area contributed by atoms with Crippen LogP contribution in [-0.4, -0.2) is 21.9 Å². The summed E-state index contributed by atoms with van der Waals surface area (Å²) in [5, 5.41) is 11.0. The first-order valence-electron chi connectivity index (χ1n) is 7.79. The van der Waals surface area contributed by atoms with Gasteiger partial charge in [-0.15, -0.1) is 10.2 Å². The van der Waals surface area contributed by atoms with Crippen molar-refractivity contribution in [3.8, 4) is 5.75 Å². The molecular formula is C18H16IN3O3S. The second-order valence-electron chi connectivity index (χ2n) is 5.36. The number of carbonyl (C=O) groups excluding carboxylic acids is 1. The molecule has 2 aromatic carbocycles. The molecule has 0 aliphatic carbocycles. The normalized spacial score (nSPS) is 10.5. The van der Waals surface area contributed by atoms with Gasteiger partial charge >= 0.3 is 0 Å². The molecule has 8 heteroatoms. The van der Waals surface area contributed by atoms with Crippen molar-refractivity contribution in [2.75, 3.05) is 11.1 Å². The van der Waals surface area contributed by atoms with E-state index in [-0.39, 0.29) is 18.3 Å². The van der Waals surface area contributed by atoms with Crippen LogP contribution in [0.25, 0.3) is 0 Å². The van der Waals surface area contributed by atoms with Gasteiger partial charge in [0.15, 0.2) is 6.61 Å². The smallest absolute Gasteiger partial charge is 0.277 e. The molecule has 0 spiro atoms. The fourth-order valence-corrected chi connectivity index (χ4v) is 3.01. The number of thioether (sulfide) groups is 1. The van der Waals surface area contributed by atoms with Gasteiger partial charge in [0.1, 0.15) is 5.75 Å². The number of hydrogen-bond donors (Lipinski definition) is 1. The fraction of sp³-hybridized carbons (Fsp3) is 0.167. The van der Waals surface area contributed by atoms with Crippen LogP contribution in [0.4, 0.5) is 5.69 Å². The first-order chi connectivity index (χ1) is 12.6. The van der Waals surface area contributed by atoms with Crippen molar-refractivity contribution in [3.63, 3.8) is 0 Å². The second kappa shape index (κ2) is 9.04. The lowest BCUT2D eigenvalue weighted by atomic mass is 10.2. The Hall–Kier alpha value is -2.07. The lowest BCUT2D eigenvalue weighted by molar-refractivity contribution is -0.113. The molecule has 0 saturated heterocycles. The van der Waals surface area contributed by atoms with E-state index >= 15 is 0 Å². The zero-order valence-electron chi connectivity index (χ0n) is 13.9. The van der Waals surface area contributed by atoms with Crippen molar-refractivity contribution in [2.24, 2.45) is 0 Å². The second-order valence-corrected chi connectivity index (χ2v) is 7.53. The third-order valence-electron chi connectivity index (χ3n) is 3.35. The van der Waals surface area contributed by atoms with E-state index in [4.69, 9.17) is 9.15 Å². The number of aryl methyl sites for hydroxylation is 1. The maximum Gasteiger partial charge on any atom is 0.277 e. The summed E-state index contributed by atoms with van der Waals surface area (Å²) in [4.78, 5) is 12.0. The highest BCUT2D eigenvalue weighted by Gasteiger charge is 2.11.